The summed E-state index contributed by atoms with van der Waals surface area (Å²) in [5.74, 6) is -0.0356. The lowest BCUT2D eigenvalue weighted by atomic mass is 9.95. The number of hydrogen-bond donors (Lipinski definition) is 2. The lowest BCUT2D eigenvalue weighted by Crippen LogP contribution is -2.40. The molecule has 2 heterocycles. The van der Waals surface area contributed by atoms with E-state index >= 15 is 0 Å². The van der Waals surface area contributed by atoms with E-state index in [1.54, 1.807) is 61.5 Å². The van der Waals surface area contributed by atoms with Gasteiger partial charge in [0.25, 0.3) is 11.5 Å². The van der Waals surface area contributed by atoms with Gasteiger partial charge in [-0.3, -0.25) is 14.2 Å². The maximum atomic E-state index is 13.7. The van der Waals surface area contributed by atoms with Crippen molar-refractivity contribution in [3.63, 3.8) is 0 Å². The first kappa shape index (κ1) is 24.5. The van der Waals surface area contributed by atoms with Crippen molar-refractivity contribution in [3.8, 4) is 11.5 Å². The number of amides is 1. The molecule has 3 aromatic carbocycles. The molecule has 186 valence electrons. The molecule has 2 N–H and O–H groups in total. The Labute approximate surface area is 221 Å². The van der Waals surface area contributed by atoms with Crippen LogP contribution >= 0.6 is 22.9 Å². The van der Waals surface area contributed by atoms with Gasteiger partial charge in [0.1, 0.15) is 0 Å². The minimum absolute atomic E-state index is 0.0289. The van der Waals surface area contributed by atoms with Gasteiger partial charge in [0.2, 0.25) is 0 Å². The van der Waals surface area contributed by atoms with Crippen LogP contribution in [-0.2, 0) is 4.79 Å². The van der Waals surface area contributed by atoms with Crippen LogP contribution in [0.3, 0.4) is 0 Å². The molecule has 1 unspecified atom stereocenters. The molecule has 0 radical (unpaired) electrons. The number of ether oxygens (including phenoxy) is 1. The lowest BCUT2D eigenvalue weighted by molar-refractivity contribution is -0.113. The van der Waals surface area contributed by atoms with Crippen molar-refractivity contribution in [1.82, 2.24) is 4.57 Å². The number of carbonyl (C=O) groups is 1. The summed E-state index contributed by atoms with van der Waals surface area (Å²) in [5.41, 5.74) is 2.59. The number of thiazole rings is 1. The van der Waals surface area contributed by atoms with Gasteiger partial charge in [-0.2, -0.15) is 0 Å². The van der Waals surface area contributed by atoms with E-state index in [0.29, 0.717) is 42.6 Å². The maximum absolute atomic E-state index is 13.7. The highest BCUT2D eigenvalue weighted by Gasteiger charge is 2.32. The second kappa shape index (κ2) is 10.1. The van der Waals surface area contributed by atoms with E-state index < -0.39 is 6.04 Å². The van der Waals surface area contributed by atoms with E-state index in [2.05, 4.69) is 10.3 Å². The number of fused-ring (bicyclic) bond motifs is 1. The number of benzene rings is 3. The third-order valence-electron chi connectivity index (χ3n) is 5.98. The number of nitrogens with one attached hydrogen (secondary N) is 1. The molecule has 0 aliphatic carbocycles. The number of carbonyl (C=O) groups excluding carboxylic acids is 1. The second-order valence-electron chi connectivity index (χ2n) is 8.38. The van der Waals surface area contributed by atoms with E-state index in [-0.39, 0.29) is 17.2 Å². The predicted molar refractivity (Wildman–Crippen MR) is 145 cm³/mol. The van der Waals surface area contributed by atoms with Crippen LogP contribution in [-0.4, -0.2) is 22.7 Å². The Morgan fingerprint density at radius 2 is 1.86 bits per heavy atom. The fourth-order valence-electron chi connectivity index (χ4n) is 4.24. The van der Waals surface area contributed by atoms with Crippen molar-refractivity contribution in [2.24, 2.45) is 4.99 Å². The zero-order chi connectivity index (χ0) is 26.1. The Hall–Kier alpha value is -4.14. The Balaban J connectivity index is 1.66. The zero-order valence-electron chi connectivity index (χ0n) is 19.9. The average molecular weight is 532 g/mol. The van der Waals surface area contributed by atoms with Crippen molar-refractivity contribution >= 4 is 40.6 Å². The number of allylic oxidation sites excluding steroid dienone is 1. The molecule has 0 bridgehead atoms. The summed E-state index contributed by atoms with van der Waals surface area (Å²) in [6.07, 6.45) is 1.69. The first-order chi connectivity index (χ1) is 17.9. The molecule has 0 saturated carbocycles. The lowest BCUT2D eigenvalue weighted by Gasteiger charge is -2.25. The van der Waals surface area contributed by atoms with Gasteiger partial charge in [-0.25, -0.2) is 4.99 Å². The number of methoxy groups -OCH3 is 1. The number of aromatic hydroxyl groups is 1. The molecular formula is C28H22ClN3O4S. The SMILES string of the molecule is COc1ccc(/C=c2/sc3n(c2=O)C(c2ccc(Cl)cc2)C(C(=O)Nc2ccccc2)=C(C)N=3)cc1O. The van der Waals surface area contributed by atoms with E-state index in [0.717, 1.165) is 5.56 Å². The fourth-order valence-corrected chi connectivity index (χ4v) is 5.41. The van der Waals surface area contributed by atoms with Crippen LogP contribution < -0.4 is 24.9 Å². The first-order valence-corrected chi connectivity index (χ1v) is 12.6. The summed E-state index contributed by atoms with van der Waals surface area (Å²) in [6.45, 7) is 1.77. The topological polar surface area (TPSA) is 92.9 Å². The third kappa shape index (κ3) is 4.81. The van der Waals surface area contributed by atoms with Gasteiger partial charge in [0.15, 0.2) is 16.3 Å². The molecule has 1 aromatic heterocycles. The van der Waals surface area contributed by atoms with Gasteiger partial charge >= 0.3 is 0 Å². The quantitative estimate of drug-likeness (QED) is 0.403. The summed E-state index contributed by atoms with van der Waals surface area (Å²) in [7, 11) is 1.47. The van der Waals surface area contributed by atoms with Crippen molar-refractivity contribution in [3.05, 3.63) is 120 Å². The highest BCUT2D eigenvalue weighted by molar-refractivity contribution is 7.07. The third-order valence-corrected chi connectivity index (χ3v) is 7.22. The van der Waals surface area contributed by atoms with Gasteiger partial charge in [-0.15, -0.1) is 0 Å². The van der Waals surface area contributed by atoms with Crippen molar-refractivity contribution in [2.45, 2.75) is 13.0 Å². The standard InChI is InChI=1S/C28H22ClN3O4S/c1-16-24(26(34)31-20-6-4-3-5-7-20)25(18-9-11-19(29)12-10-18)32-27(35)23(37-28(32)30-16)15-17-8-13-22(36-2)21(33)14-17/h3-15,25,33H,1-2H3,(H,31,34)/b23-15+. The van der Waals surface area contributed by atoms with Crippen molar-refractivity contribution in [1.29, 1.82) is 0 Å². The van der Waals surface area contributed by atoms with Crippen LogP contribution in [0, 0.1) is 0 Å². The number of para-hydroxylation sites is 1. The normalized spacial score (nSPS) is 15.2. The van der Waals surface area contributed by atoms with Crippen LogP contribution in [0.1, 0.15) is 24.1 Å². The number of hydrogen-bond acceptors (Lipinski definition) is 6. The number of phenols is 1. The average Bonchev–Trinajstić information content (AvgIpc) is 3.18. The molecule has 9 heteroatoms. The minimum atomic E-state index is -0.705. The highest BCUT2D eigenvalue weighted by Crippen LogP contribution is 2.31. The van der Waals surface area contributed by atoms with Gasteiger partial charge < -0.3 is 15.2 Å². The van der Waals surface area contributed by atoms with Gasteiger partial charge in [-0.05, 0) is 60.5 Å². The van der Waals surface area contributed by atoms with E-state index in [4.69, 9.17) is 16.3 Å². The monoisotopic (exact) mass is 531 g/mol. The van der Waals surface area contributed by atoms with Gasteiger partial charge in [0.05, 0.1) is 29.0 Å². The Bertz CT molecular complexity index is 1710. The summed E-state index contributed by atoms with van der Waals surface area (Å²) >= 11 is 7.35. The summed E-state index contributed by atoms with van der Waals surface area (Å²) in [4.78, 5) is 32.4. The number of nitrogens with zero attached hydrogens (tertiary/aromatic N) is 2. The Kier molecular flexibility index (Phi) is 6.69. The van der Waals surface area contributed by atoms with Crippen molar-refractivity contribution < 1.29 is 14.6 Å². The van der Waals surface area contributed by atoms with E-state index in [1.165, 1.54) is 29.1 Å². The Morgan fingerprint density at radius 1 is 1.14 bits per heavy atom. The van der Waals surface area contributed by atoms with E-state index in [9.17, 15) is 14.7 Å². The molecule has 4 aromatic rings. The molecule has 0 saturated heterocycles. The van der Waals surface area contributed by atoms with E-state index in [1.807, 2.05) is 18.2 Å². The molecule has 7 nitrogen and oxygen atoms in total. The zero-order valence-corrected chi connectivity index (χ0v) is 21.5. The van der Waals surface area contributed by atoms with Crippen molar-refractivity contribution in [2.75, 3.05) is 12.4 Å². The number of phenolic OH excluding ortho intramolecular Hbond substituents is 1. The van der Waals surface area contributed by atoms with Crippen LogP contribution in [0.5, 0.6) is 11.5 Å². The summed E-state index contributed by atoms with van der Waals surface area (Å²) in [6, 6.07) is 20.4. The molecule has 0 spiro atoms. The maximum Gasteiger partial charge on any atom is 0.271 e. The molecule has 1 aliphatic heterocycles. The first-order valence-electron chi connectivity index (χ1n) is 11.4. The second-order valence-corrected chi connectivity index (χ2v) is 9.83. The van der Waals surface area contributed by atoms with Gasteiger partial charge in [-0.1, -0.05) is 59.3 Å². The predicted octanol–water partition coefficient (Wildman–Crippen LogP) is 4.24. The fraction of sp³-hybridized carbons (Fsp3) is 0.107. The smallest absolute Gasteiger partial charge is 0.271 e. The summed E-state index contributed by atoms with van der Waals surface area (Å²) in [5, 5.41) is 13.6. The van der Waals surface area contributed by atoms with Crippen LogP contribution in [0.25, 0.3) is 6.08 Å². The number of rotatable bonds is 5. The number of aromatic nitrogens is 1. The Morgan fingerprint density at radius 3 is 2.54 bits per heavy atom. The largest absolute Gasteiger partial charge is 0.504 e. The molecule has 1 atom stereocenters. The molecule has 0 fully saturated rings. The summed E-state index contributed by atoms with van der Waals surface area (Å²) < 4.78 is 7.06. The molecular weight excluding hydrogens is 510 g/mol. The number of anilines is 1. The minimum Gasteiger partial charge on any atom is -0.504 e. The number of halogens is 1. The highest BCUT2D eigenvalue weighted by atomic mass is 35.5. The van der Waals surface area contributed by atoms with Crippen LogP contribution in [0.4, 0.5) is 5.69 Å². The molecule has 1 amide bonds. The van der Waals surface area contributed by atoms with Crippen LogP contribution in [0.2, 0.25) is 5.02 Å². The van der Waals surface area contributed by atoms with Gasteiger partial charge in [0, 0.05) is 10.7 Å². The molecule has 1 aliphatic rings. The van der Waals surface area contributed by atoms with Crippen LogP contribution in [0.15, 0.2) is 93.9 Å². The molecule has 37 heavy (non-hydrogen) atoms. The molecule has 5 rings (SSSR count).